The third-order valence-corrected chi connectivity index (χ3v) is 6.03. The van der Waals surface area contributed by atoms with Crippen molar-refractivity contribution in [3.8, 4) is 0 Å². The Bertz CT molecular complexity index is 685. The van der Waals surface area contributed by atoms with Gasteiger partial charge in [0.15, 0.2) is 15.8 Å². The molecule has 0 aromatic heterocycles. The summed E-state index contributed by atoms with van der Waals surface area (Å²) < 4.78 is 36.5. The van der Waals surface area contributed by atoms with Crippen molar-refractivity contribution in [1.82, 2.24) is 10.6 Å². The standard InChI is InChI=1S/C17H26FN3O2S/c1-3-19-16(20-10-11-24(22,23)4-2)21-13-17(8-9-17)14-6-5-7-15(18)12-14/h5-7,12H,3-4,8-11,13H2,1-2H3,(H2,19,20,21). The molecule has 1 aliphatic rings. The number of aliphatic imine (C=N–C) groups is 1. The number of sulfone groups is 1. The average Bonchev–Trinajstić information content (AvgIpc) is 3.34. The second kappa shape index (κ2) is 7.96. The fourth-order valence-electron chi connectivity index (χ4n) is 2.55. The molecule has 0 atom stereocenters. The molecule has 0 radical (unpaired) electrons. The van der Waals surface area contributed by atoms with E-state index in [2.05, 4.69) is 15.6 Å². The van der Waals surface area contributed by atoms with Crippen LogP contribution in [0.15, 0.2) is 29.3 Å². The van der Waals surface area contributed by atoms with Crippen LogP contribution in [0.25, 0.3) is 0 Å². The molecule has 0 spiro atoms. The van der Waals surface area contributed by atoms with Gasteiger partial charge in [-0.2, -0.15) is 0 Å². The van der Waals surface area contributed by atoms with Crippen LogP contribution in [0.3, 0.4) is 0 Å². The number of guanidine groups is 1. The van der Waals surface area contributed by atoms with E-state index in [4.69, 9.17) is 0 Å². The number of nitrogens with zero attached hydrogens (tertiary/aromatic N) is 1. The summed E-state index contributed by atoms with van der Waals surface area (Å²) in [6, 6.07) is 6.70. The van der Waals surface area contributed by atoms with Crippen LogP contribution in [0.5, 0.6) is 0 Å². The monoisotopic (exact) mass is 355 g/mol. The maximum atomic E-state index is 13.4. The lowest BCUT2D eigenvalue weighted by Crippen LogP contribution is -2.40. The third-order valence-electron chi connectivity index (χ3n) is 4.32. The van der Waals surface area contributed by atoms with E-state index in [0.29, 0.717) is 25.6 Å². The number of hydrogen-bond donors (Lipinski definition) is 2. The molecule has 1 fully saturated rings. The SMILES string of the molecule is CCNC(=NCC1(c2cccc(F)c2)CC1)NCCS(=O)(=O)CC. The Hall–Kier alpha value is -1.63. The van der Waals surface area contributed by atoms with Gasteiger partial charge in [0.05, 0.1) is 12.3 Å². The lowest BCUT2D eigenvalue weighted by molar-refractivity contribution is 0.595. The van der Waals surface area contributed by atoms with Crippen molar-refractivity contribution in [2.75, 3.05) is 31.1 Å². The van der Waals surface area contributed by atoms with Crippen LogP contribution in [-0.2, 0) is 15.3 Å². The van der Waals surface area contributed by atoms with Crippen molar-refractivity contribution in [3.05, 3.63) is 35.6 Å². The molecule has 1 saturated carbocycles. The van der Waals surface area contributed by atoms with Gasteiger partial charge in [-0.15, -0.1) is 0 Å². The van der Waals surface area contributed by atoms with Gasteiger partial charge in [-0.25, -0.2) is 12.8 Å². The molecule has 7 heteroatoms. The fraction of sp³-hybridized carbons (Fsp3) is 0.588. The first-order valence-corrected chi connectivity index (χ1v) is 10.2. The zero-order valence-electron chi connectivity index (χ0n) is 14.3. The third kappa shape index (κ3) is 5.19. The van der Waals surface area contributed by atoms with Gasteiger partial charge >= 0.3 is 0 Å². The van der Waals surface area contributed by atoms with Gasteiger partial charge in [0.2, 0.25) is 0 Å². The van der Waals surface area contributed by atoms with E-state index in [9.17, 15) is 12.8 Å². The zero-order valence-corrected chi connectivity index (χ0v) is 15.1. The maximum Gasteiger partial charge on any atom is 0.191 e. The summed E-state index contributed by atoms with van der Waals surface area (Å²) in [5.74, 6) is 0.609. The number of benzene rings is 1. The minimum atomic E-state index is -3.00. The molecule has 2 rings (SSSR count). The molecule has 0 bridgehead atoms. The predicted molar refractivity (Wildman–Crippen MR) is 95.6 cm³/mol. The van der Waals surface area contributed by atoms with Crippen molar-refractivity contribution in [2.24, 2.45) is 4.99 Å². The Morgan fingerprint density at radius 2 is 2.04 bits per heavy atom. The van der Waals surface area contributed by atoms with Crippen LogP contribution in [0.2, 0.25) is 0 Å². The Kier molecular flexibility index (Phi) is 6.21. The first-order valence-electron chi connectivity index (χ1n) is 8.39. The first-order chi connectivity index (χ1) is 11.4. The second-order valence-corrected chi connectivity index (χ2v) is 8.62. The molecule has 24 heavy (non-hydrogen) atoms. The van der Waals surface area contributed by atoms with Crippen molar-refractivity contribution in [3.63, 3.8) is 0 Å². The van der Waals surface area contributed by atoms with E-state index < -0.39 is 9.84 Å². The van der Waals surface area contributed by atoms with Gasteiger partial charge in [-0.1, -0.05) is 19.1 Å². The fourth-order valence-corrected chi connectivity index (χ4v) is 3.25. The van der Waals surface area contributed by atoms with Crippen LogP contribution in [0.1, 0.15) is 32.3 Å². The van der Waals surface area contributed by atoms with Crippen molar-refractivity contribution >= 4 is 15.8 Å². The van der Waals surface area contributed by atoms with Crippen LogP contribution in [0, 0.1) is 5.82 Å². The van der Waals surface area contributed by atoms with Gasteiger partial charge in [0.25, 0.3) is 0 Å². The first kappa shape index (κ1) is 18.7. The van der Waals surface area contributed by atoms with E-state index in [1.807, 2.05) is 13.0 Å². The number of halogens is 1. The molecular weight excluding hydrogens is 329 g/mol. The largest absolute Gasteiger partial charge is 0.357 e. The highest BCUT2D eigenvalue weighted by Crippen LogP contribution is 2.48. The Labute approximate surface area is 143 Å². The van der Waals surface area contributed by atoms with Crippen LogP contribution >= 0.6 is 0 Å². The van der Waals surface area contributed by atoms with Crippen LogP contribution in [0.4, 0.5) is 4.39 Å². The van der Waals surface area contributed by atoms with Crippen molar-refractivity contribution < 1.29 is 12.8 Å². The summed E-state index contributed by atoms with van der Waals surface area (Å²) in [6.07, 6.45) is 1.98. The lowest BCUT2D eigenvalue weighted by Gasteiger charge is -2.16. The topological polar surface area (TPSA) is 70.6 Å². The molecule has 0 amide bonds. The van der Waals surface area contributed by atoms with Gasteiger partial charge in [0, 0.05) is 24.3 Å². The Morgan fingerprint density at radius 3 is 2.62 bits per heavy atom. The van der Waals surface area contributed by atoms with E-state index in [1.165, 1.54) is 6.07 Å². The molecular formula is C17H26FN3O2S. The van der Waals surface area contributed by atoms with Crippen LogP contribution in [-0.4, -0.2) is 45.5 Å². The minimum absolute atomic E-state index is 0.0834. The van der Waals surface area contributed by atoms with Crippen LogP contribution < -0.4 is 10.6 Å². The van der Waals surface area contributed by atoms with E-state index in [1.54, 1.807) is 19.1 Å². The quantitative estimate of drug-likeness (QED) is 0.551. The normalized spacial score (nSPS) is 16.7. The summed E-state index contributed by atoms with van der Waals surface area (Å²) in [5.41, 5.74) is 0.899. The number of rotatable bonds is 8. The number of hydrogen-bond acceptors (Lipinski definition) is 3. The summed E-state index contributed by atoms with van der Waals surface area (Å²) in [5, 5.41) is 6.18. The van der Waals surface area contributed by atoms with E-state index in [-0.39, 0.29) is 22.7 Å². The summed E-state index contributed by atoms with van der Waals surface area (Å²) in [6.45, 7) is 5.19. The summed E-state index contributed by atoms with van der Waals surface area (Å²) in [4.78, 5) is 4.58. The predicted octanol–water partition coefficient (Wildman–Crippen LogP) is 1.85. The molecule has 0 unspecified atom stereocenters. The second-order valence-electron chi connectivity index (χ2n) is 6.15. The molecule has 0 saturated heterocycles. The minimum Gasteiger partial charge on any atom is -0.357 e. The highest BCUT2D eigenvalue weighted by atomic mass is 32.2. The van der Waals surface area contributed by atoms with Crippen molar-refractivity contribution in [2.45, 2.75) is 32.1 Å². The molecule has 1 aromatic rings. The number of nitrogens with one attached hydrogen (secondary N) is 2. The molecule has 2 N–H and O–H groups in total. The van der Waals surface area contributed by atoms with E-state index >= 15 is 0 Å². The Balaban J connectivity index is 1.98. The summed E-state index contributed by atoms with van der Waals surface area (Å²) >= 11 is 0. The molecule has 134 valence electrons. The average molecular weight is 355 g/mol. The molecule has 1 aromatic carbocycles. The maximum absolute atomic E-state index is 13.4. The smallest absolute Gasteiger partial charge is 0.191 e. The Morgan fingerprint density at radius 1 is 1.29 bits per heavy atom. The molecule has 0 heterocycles. The van der Waals surface area contributed by atoms with Crippen molar-refractivity contribution in [1.29, 1.82) is 0 Å². The van der Waals surface area contributed by atoms with Gasteiger partial charge in [-0.05, 0) is 37.5 Å². The zero-order chi connectivity index (χ0) is 17.6. The molecule has 1 aliphatic carbocycles. The van der Waals surface area contributed by atoms with Gasteiger partial charge < -0.3 is 10.6 Å². The van der Waals surface area contributed by atoms with Gasteiger partial charge in [-0.3, -0.25) is 4.99 Å². The lowest BCUT2D eigenvalue weighted by atomic mass is 9.96. The highest BCUT2D eigenvalue weighted by molar-refractivity contribution is 7.91. The molecule has 5 nitrogen and oxygen atoms in total. The highest BCUT2D eigenvalue weighted by Gasteiger charge is 2.44. The summed E-state index contributed by atoms with van der Waals surface area (Å²) in [7, 11) is -3.00. The van der Waals surface area contributed by atoms with E-state index in [0.717, 1.165) is 18.4 Å². The molecule has 0 aliphatic heterocycles. The van der Waals surface area contributed by atoms with Gasteiger partial charge in [0.1, 0.15) is 5.82 Å².